The Morgan fingerprint density at radius 3 is 2.65 bits per heavy atom. The summed E-state index contributed by atoms with van der Waals surface area (Å²) in [6.07, 6.45) is 3.21. The van der Waals surface area contributed by atoms with Crippen molar-refractivity contribution in [2.24, 2.45) is 5.92 Å². The number of nitrogens with zero attached hydrogens (tertiary/aromatic N) is 1. The molecular formula is C18H27N3O2. The number of hydrogen-bond acceptors (Lipinski definition) is 4. The maximum atomic E-state index is 12.3. The van der Waals surface area contributed by atoms with Crippen molar-refractivity contribution in [1.29, 1.82) is 0 Å². The molecule has 5 heteroatoms. The topological polar surface area (TPSA) is 53.6 Å². The SMILES string of the molecule is CCO[C@@H]1C[C@H]1C(=O)Nc1ccccc1NC1CCN(C)CC1. The molecule has 1 saturated carbocycles. The Hall–Kier alpha value is -1.59. The van der Waals surface area contributed by atoms with Crippen LogP contribution < -0.4 is 10.6 Å². The Morgan fingerprint density at radius 1 is 1.26 bits per heavy atom. The van der Waals surface area contributed by atoms with E-state index in [2.05, 4.69) is 22.6 Å². The summed E-state index contributed by atoms with van der Waals surface area (Å²) in [7, 11) is 2.16. The van der Waals surface area contributed by atoms with Gasteiger partial charge in [0, 0.05) is 12.6 Å². The number of anilines is 2. The number of nitrogens with one attached hydrogen (secondary N) is 2. The molecule has 0 unspecified atom stereocenters. The Kier molecular flexibility index (Phi) is 5.18. The summed E-state index contributed by atoms with van der Waals surface area (Å²) in [4.78, 5) is 14.7. The normalized spacial score (nSPS) is 25.1. The Bertz CT molecular complexity index is 541. The first-order valence-corrected chi connectivity index (χ1v) is 8.64. The van der Waals surface area contributed by atoms with Gasteiger partial charge in [0.1, 0.15) is 0 Å². The number of rotatable bonds is 6. The predicted octanol–water partition coefficient (Wildman–Crippen LogP) is 2.56. The molecule has 2 atom stereocenters. The van der Waals surface area contributed by atoms with Crippen LogP contribution in [0.25, 0.3) is 0 Å². The van der Waals surface area contributed by atoms with Gasteiger partial charge in [-0.15, -0.1) is 0 Å². The Morgan fingerprint density at radius 2 is 1.96 bits per heavy atom. The van der Waals surface area contributed by atoms with Crippen LogP contribution in [0.3, 0.4) is 0 Å². The number of carbonyl (C=O) groups excluding carboxylic acids is 1. The van der Waals surface area contributed by atoms with Crippen molar-refractivity contribution in [2.45, 2.75) is 38.3 Å². The van der Waals surface area contributed by atoms with Gasteiger partial charge in [-0.1, -0.05) is 12.1 Å². The van der Waals surface area contributed by atoms with E-state index >= 15 is 0 Å². The summed E-state index contributed by atoms with van der Waals surface area (Å²) in [6.45, 7) is 4.87. The fourth-order valence-corrected chi connectivity index (χ4v) is 3.16. The largest absolute Gasteiger partial charge is 0.381 e. The minimum Gasteiger partial charge on any atom is -0.381 e. The van der Waals surface area contributed by atoms with Gasteiger partial charge in [0.2, 0.25) is 5.91 Å². The van der Waals surface area contributed by atoms with Crippen molar-refractivity contribution in [3.63, 3.8) is 0 Å². The van der Waals surface area contributed by atoms with Crippen LogP contribution >= 0.6 is 0 Å². The number of amides is 1. The van der Waals surface area contributed by atoms with Crippen LogP contribution in [0.4, 0.5) is 11.4 Å². The zero-order chi connectivity index (χ0) is 16.2. The van der Waals surface area contributed by atoms with Gasteiger partial charge in [-0.2, -0.15) is 0 Å². The molecule has 1 amide bonds. The predicted molar refractivity (Wildman–Crippen MR) is 92.7 cm³/mol. The molecule has 1 aromatic rings. The van der Waals surface area contributed by atoms with E-state index in [1.54, 1.807) is 0 Å². The van der Waals surface area contributed by atoms with Gasteiger partial charge in [0.05, 0.1) is 23.4 Å². The highest BCUT2D eigenvalue weighted by molar-refractivity contribution is 5.97. The van der Waals surface area contributed by atoms with E-state index in [1.807, 2.05) is 31.2 Å². The lowest BCUT2D eigenvalue weighted by Gasteiger charge is -2.30. The number of ether oxygens (including phenoxy) is 1. The zero-order valence-corrected chi connectivity index (χ0v) is 14.0. The minimum atomic E-state index is 0.00587. The maximum absolute atomic E-state index is 12.3. The molecule has 2 N–H and O–H groups in total. The number of carbonyl (C=O) groups is 1. The second-order valence-corrected chi connectivity index (χ2v) is 6.59. The highest BCUT2D eigenvalue weighted by Gasteiger charge is 2.44. The van der Waals surface area contributed by atoms with Crippen molar-refractivity contribution in [1.82, 2.24) is 4.90 Å². The van der Waals surface area contributed by atoms with Gasteiger partial charge < -0.3 is 20.3 Å². The summed E-state index contributed by atoms with van der Waals surface area (Å²) in [6, 6.07) is 8.45. The van der Waals surface area contributed by atoms with E-state index < -0.39 is 0 Å². The second-order valence-electron chi connectivity index (χ2n) is 6.59. The fraction of sp³-hybridized carbons (Fsp3) is 0.611. The maximum Gasteiger partial charge on any atom is 0.230 e. The van der Waals surface area contributed by atoms with Crippen LogP contribution in [0.1, 0.15) is 26.2 Å². The standard InChI is InChI=1S/C18H27N3O2/c1-3-23-17-12-14(17)18(22)20-16-7-5-4-6-15(16)19-13-8-10-21(2)11-9-13/h4-7,13-14,17,19H,3,8-12H2,1-2H3,(H,20,22)/t14-,17-/m1/s1. The molecule has 0 aromatic heterocycles. The van der Waals surface area contributed by atoms with E-state index in [0.717, 1.165) is 43.7 Å². The average Bonchev–Trinajstić information content (AvgIpc) is 3.31. The Balaban J connectivity index is 1.58. The molecule has 5 nitrogen and oxygen atoms in total. The van der Waals surface area contributed by atoms with Crippen molar-refractivity contribution in [3.8, 4) is 0 Å². The quantitative estimate of drug-likeness (QED) is 0.847. The van der Waals surface area contributed by atoms with Crippen LogP contribution in [0.15, 0.2) is 24.3 Å². The molecular weight excluding hydrogens is 290 g/mol. The van der Waals surface area contributed by atoms with Crippen LogP contribution in [0, 0.1) is 5.92 Å². The molecule has 1 heterocycles. The summed E-state index contributed by atoms with van der Waals surface area (Å²) in [5, 5.41) is 6.67. The van der Waals surface area contributed by atoms with Crippen molar-refractivity contribution in [2.75, 3.05) is 37.4 Å². The number of benzene rings is 1. The monoisotopic (exact) mass is 317 g/mol. The van der Waals surface area contributed by atoms with Crippen molar-refractivity contribution >= 4 is 17.3 Å². The van der Waals surface area contributed by atoms with Crippen LogP contribution in [0.5, 0.6) is 0 Å². The van der Waals surface area contributed by atoms with E-state index in [0.29, 0.717) is 12.6 Å². The summed E-state index contributed by atoms with van der Waals surface area (Å²) in [5.74, 6) is 0.0763. The lowest BCUT2D eigenvalue weighted by molar-refractivity contribution is -0.118. The third kappa shape index (κ3) is 4.24. The number of likely N-dealkylation sites (tertiary alicyclic amines) is 1. The molecule has 0 bridgehead atoms. The van der Waals surface area contributed by atoms with Gasteiger partial charge in [0.25, 0.3) is 0 Å². The summed E-state index contributed by atoms with van der Waals surface area (Å²) >= 11 is 0. The molecule has 1 saturated heterocycles. The Labute approximate surface area is 138 Å². The first-order valence-electron chi connectivity index (χ1n) is 8.64. The summed E-state index contributed by atoms with van der Waals surface area (Å²) < 4.78 is 5.50. The third-order valence-corrected chi connectivity index (χ3v) is 4.71. The molecule has 2 fully saturated rings. The fourth-order valence-electron chi connectivity index (χ4n) is 3.16. The van der Waals surface area contributed by atoms with Crippen LogP contribution in [0.2, 0.25) is 0 Å². The first kappa shape index (κ1) is 16.3. The van der Waals surface area contributed by atoms with Crippen molar-refractivity contribution < 1.29 is 9.53 Å². The first-order chi connectivity index (χ1) is 11.2. The molecule has 0 spiro atoms. The molecule has 23 heavy (non-hydrogen) atoms. The lowest BCUT2D eigenvalue weighted by atomic mass is 10.0. The molecule has 0 radical (unpaired) electrons. The third-order valence-electron chi connectivity index (χ3n) is 4.71. The lowest BCUT2D eigenvalue weighted by Crippen LogP contribution is -2.36. The van der Waals surface area contributed by atoms with Crippen LogP contribution in [-0.4, -0.2) is 49.7 Å². The van der Waals surface area contributed by atoms with Gasteiger partial charge in [-0.3, -0.25) is 4.79 Å². The van der Waals surface area contributed by atoms with E-state index in [1.165, 1.54) is 0 Å². The molecule has 1 aliphatic heterocycles. The minimum absolute atomic E-state index is 0.00587. The summed E-state index contributed by atoms with van der Waals surface area (Å²) in [5.41, 5.74) is 1.89. The second kappa shape index (κ2) is 7.32. The number of para-hydroxylation sites is 2. The molecule has 1 aromatic carbocycles. The van der Waals surface area contributed by atoms with Gasteiger partial charge in [-0.05, 0) is 58.5 Å². The van der Waals surface area contributed by atoms with E-state index in [-0.39, 0.29) is 17.9 Å². The van der Waals surface area contributed by atoms with Gasteiger partial charge in [0.15, 0.2) is 0 Å². The molecule has 1 aliphatic carbocycles. The van der Waals surface area contributed by atoms with Crippen molar-refractivity contribution in [3.05, 3.63) is 24.3 Å². The highest BCUT2D eigenvalue weighted by Crippen LogP contribution is 2.35. The zero-order valence-electron chi connectivity index (χ0n) is 14.0. The molecule has 3 rings (SSSR count). The average molecular weight is 317 g/mol. The smallest absolute Gasteiger partial charge is 0.230 e. The highest BCUT2D eigenvalue weighted by atomic mass is 16.5. The van der Waals surface area contributed by atoms with E-state index in [9.17, 15) is 4.79 Å². The van der Waals surface area contributed by atoms with Gasteiger partial charge >= 0.3 is 0 Å². The molecule has 2 aliphatic rings. The molecule has 126 valence electrons. The van der Waals surface area contributed by atoms with E-state index in [4.69, 9.17) is 4.74 Å². The van der Waals surface area contributed by atoms with Crippen LogP contribution in [-0.2, 0) is 9.53 Å². The number of piperidine rings is 1. The number of hydrogen-bond donors (Lipinski definition) is 2. The van der Waals surface area contributed by atoms with Gasteiger partial charge in [-0.25, -0.2) is 0 Å².